The van der Waals surface area contributed by atoms with Gasteiger partial charge in [-0.1, -0.05) is 12.1 Å². The highest BCUT2D eigenvalue weighted by Crippen LogP contribution is 2.33. The summed E-state index contributed by atoms with van der Waals surface area (Å²) < 4.78 is 0. The Hall–Kier alpha value is -2.80. The van der Waals surface area contributed by atoms with Crippen molar-refractivity contribution in [3.63, 3.8) is 0 Å². The molecule has 1 aliphatic heterocycles. The average molecular weight is 410 g/mol. The molecule has 29 heavy (non-hydrogen) atoms. The van der Waals surface area contributed by atoms with Gasteiger partial charge in [0.25, 0.3) is 5.91 Å². The number of thiophene rings is 1. The molecule has 4 rings (SSSR count). The molecule has 0 aliphatic carbocycles. The Morgan fingerprint density at radius 2 is 1.90 bits per heavy atom. The van der Waals surface area contributed by atoms with Crippen molar-refractivity contribution in [3.05, 3.63) is 46.8 Å². The molecule has 3 heterocycles. The van der Waals surface area contributed by atoms with Crippen LogP contribution in [0.15, 0.2) is 36.4 Å². The average Bonchev–Trinajstić information content (AvgIpc) is 3.10. The summed E-state index contributed by atoms with van der Waals surface area (Å²) in [5.74, 6) is 0.625. The van der Waals surface area contributed by atoms with Gasteiger partial charge in [-0.25, -0.2) is 4.98 Å². The Labute approximate surface area is 175 Å². The molecule has 2 aromatic heterocycles. The third-order valence-electron chi connectivity index (χ3n) is 5.41. The molecule has 0 atom stereocenters. The summed E-state index contributed by atoms with van der Waals surface area (Å²) in [5.41, 5.74) is 9.20. The van der Waals surface area contributed by atoms with E-state index < -0.39 is 0 Å². The third kappa shape index (κ3) is 4.29. The predicted octanol–water partition coefficient (Wildman–Crippen LogP) is 3.88. The number of carbonyl (C=O) groups excluding carboxylic acids is 1. The van der Waals surface area contributed by atoms with Crippen molar-refractivity contribution in [1.82, 2.24) is 10.3 Å². The number of amides is 1. The van der Waals surface area contributed by atoms with Gasteiger partial charge < -0.3 is 21.3 Å². The van der Waals surface area contributed by atoms with Crippen LogP contribution in [0.3, 0.4) is 0 Å². The monoisotopic (exact) mass is 409 g/mol. The molecule has 0 unspecified atom stereocenters. The second kappa shape index (κ2) is 8.69. The molecule has 4 N–H and O–H groups in total. The van der Waals surface area contributed by atoms with Crippen LogP contribution in [-0.4, -0.2) is 37.6 Å². The molecular weight excluding hydrogens is 382 g/mol. The van der Waals surface area contributed by atoms with E-state index in [1.165, 1.54) is 41.9 Å². The van der Waals surface area contributed by atoms with Gasteiger partial charge in [0.15, 0.2) is 0 Å². The molecule has 1 aromatic carbocycles. The smallest absolute Gasteiger partial charge is 0.263 e. The number of fused-ring (bicyclic) bond motifs is 1. The van der Waals surface area contributed by atoms with E-state index in [1.807, 2.05) is 19.2 Å². The SMILES string of the molecule is CNc1ccc2c(N)c(C(=O)NCCc3ccc(N4CCCCC4)cc3)sc2n1. The lowest BCUT2D eigenvalue weighted by molar-refractivity contribution is 0.0959. The number of anilines is 3. The van der Waals surface area contributed by atoms with Gasteiger partial charge in [-0.3, -0.25) is 4.79 Å². The molecule has 1 amide bonds. The van der Waals surface area contributed by atoms with Crippen molar-refractivity contribution in [2.75, 3.05) is 42.6 Å². The highest BCUT2D eigenvalue weighted by atomic mass is 32.1. The number of carbonyl (C=O) groups is 1. The first kappa shape index (κ1) is 19.5. The zero-order valence-electron chi connectivity index (χ0n) is 16.7. The van der Waals surface area contributed by atoms with E-state index in [1.54, 1.807) is 0 Å². The first-order chi connectivity index (χ1) is 14.2. The largest absolute Gasteiger partial charge is 0.397 e. The lowest BCUT2D eigenvalue weighted by atomic mass is 10.1. The minimum absolute atomic E-state index is 0.138. The van der Waals surface area contributed by atoms with Gasteiger partial charge in [-0.15, -0.1) is 11.3 Å². The molecule has 1 fully saturated rings. The summed E-state index contributed by atoms with van der Waals surface area (Å²) in [7, 11) is 1.82. The standard InChI is InChI=1S/C22H27N5OS/c1-24-18-10-9-17-19(23)20(29-22(17)26-18)21(28)25-12-11-15-5-7-16(8-6-15)27-13-3-2-4-14-27/h5-10H,2-4,11-14,23H2,1H3,(H,24,26)(H,25,28). The van der Waals surface area contributed by atoms with Gasteiger partial charge in [0.1, 0.15) is 15.5 Å². The first-order valence-corrected chi connectivity index (χ1v) is 11.0. The first-order valence-electron chi connectivity index (χ1n) is 10.1. The van der Waals surface area contributed by atoms with E-state index in [0.717, 1.165) is 35.5 Å². The summed E-state index contributed by atoms with van der Waals surface area (Å²) in [6.45, 7) is 2.87. The Balaban J connectivity index is 1.35. The molecule has 0 saturated carbocycles. The molecule has 1 saturated heterocycles. The number of pyridine rings is 1. The fraction of sp³-hybridized carbons (Fsp3) is 0.364. The summed E-state index contributed by atoms with van der Waals surface area (Å²) in [5, 5.41) is 6.83. The Kier molecular flexibility index (Phi) is 5.85. The molecule has 1 aliphatic rings. The van der Waals surface area contributed by atoms with E-state index in [-0.39, 0.29) is 5.91 Å². The van der Waals surface area contributed by atoms with Crippen molar-refractivity contribution in [2.24, 2.45) is 0 Å². The number of rotatable bonds is 6. The van der Waals surface area contributed by atoms with Crippen LogP contribution in [0.2, 0.25) is 0 Å². The van der Waals surface area contributed by atoms with E-state index in [9.17, 15) is 4.79 Å². The fourth-order valence-electron chi connectivity index (χ4n) is 3.73. The van der Waals surface area contributed by atoms with Crippen molar-refractivity contribution < 1.29 is 4.79 Å². The normalized spacial score (nSPS) is 14.2. The summed E-state index contributed by atoms with van der Waals surface area (Å²) in [4.78, 5) is 20.8. The topological polar surface area (TPSA) is 83.3 Å². The Morgan fingerprint density at radius 1 is 1.14 bits per heavy atom. The number of nitrogens with two attached hydrogens (primary N) is 1. The highest BCUT2D eigenvalue weighted by Gasteiger charge is 2.17. The summed E-state index contributed by atoms with van der Waals surface area (Å²) in [6.07, 6.45) is 4.69. The second-order valence-electron chi connectivity index (χ2n) is 7.36. The minimum atomic E-state index is -0.138. The molecule has 0 radical (unpaired) electrons. The maximum atomic E-state index is 12.6. The van der Waals surface area contributed by atoms with Gasteiger partial charge in [0.2, 0.25) is 0 Å². The van der Waals surface area contributed by atoms with Crippen LogP contribution in [0.1, 0.15) is 34.5 Å². The number of piperidine rings is 1. The van der Waals surface area contributed by atoms with Crippen LogP contribution < -0.4 is 21.3 Å². The zero-order valence-corrected chi connectivity index (χ0v) is 17.5. The molecule has 152 valence electrons. The number of nitrogens with one attached hydrogen (secondary N) is 2. The van der Waals surface area contributed by atoms with Crippen LogP contribution in [-0.2, 0) is 6.42 Å². The van der Waals surface area contributed by atoms with Crippen LogP contribution in [0, 0.1) is 0 Å². The quantitative estimate of drug-likeness (QED) is 0.575. The maximum Gasteiger partial charge on any atom is 0.263 e. The van der Waals surface area contributed by atoms with E-state index >= 15 is 0 Å². The predicted molar refractivity (Wildman–Crippen MR) is 122 cm³/mol. The third-order valence-corrected chi connectivity index (χ3v) is 6.53. The van der Waals surface area contributed by atoms with Crippen LogP contribution in [0.4, 0.5) is 17.2 Å². The molecule has 3 aromatic rings. The van der Waals surface area contributed by atoms with Crippen molar-refractivity contribution in [2.45, 2.75) is 25.7 Å². The van der Waals surface area contributed by atoms with Gasteiger partial charge in [-0.2, -0.15) is 0 Å². The van der Waals surface area contributed by atoms with Gasteiger partial charge in [0.05, 0.1) is 5.69 Å². The van der Waals surface area contributed by atoms with Crippen LogP contribution in [0.25, 0.3) is 10.2 Å². The minimum Gasteiger partial charge on any atom is -0.397 e. The van der Waals surface area contributed by atoms with Gasteiger partial charge >= 0.3 is 0 Å². The lowest BCUT2D eigenvalue weighted by Gasteiger charge is -2.28. The van der Waals surface area contributed by atoms with Crippen molar-refractivity contribution >= 4 is 44.7 Å². The zero-order chi connectivity index (χ0) is 20.2. The number of benzene rings is 1. The summed E-state index contributed by atoms with van der Waals surface area (Å²) in [6, 6.07) is 12.5. The van der Waals surface area contributed by atoms with Gasteiger partial charge in [0, 0.05) is 37.8 Å². The molecule has 6 nitrogen and oxygen atoms in total. The van der Waals surface area contributed by atoms with Crippen molar-refractivity contribution in [3.8, 4) is 0 Å². The molecule has 7 heteroatoms. The lowest BCUT2D eigenvalue weighted by Crippen LogP contribution is -2.29. The Bertz CT molecular complexity index is 992. The Morgan fingerprint density at radius 3 is 2.62 bits per heavy atom. The fourth-order valence-corrected chi connectivity index (χ4v) is 4.74. The molecule has 0 spiro atoms. The number of aromatic nitrogens is 1. The van der Waals surface area contributed by atoms with Gasteiger partial charge in [-0.05, 0) is 55.5 Å². The van der Waals surface area contributed by atoms with Crippen LogP contribution in [0.5, 0.6) is 0 Å². The van der Waals surface area contributed by atoms with E-state index in [4.69, 9.17) is 5.73 Å². The van der Waals surface area contributed by atoms with E-state index in [2.05, 4.69) is 44.8 Å². The highest BCUT2D eigenvalue weighted by molar-refractivity contribution is 7.21. The number of nitrogen functional groups attached to an aromatic ring is 1. The second-order valence-corrected chi connectivity index (χ2v) is 8.36. The van der Waals surface area contributed by atoms with Crippen LogP contribution >= 0.6 is 11.3 Å². The molecular formula is C22H27N5OS. The number of hydrogen-bond donors (Lipinski definition) is 3. The molecule has 0 bridgehead atoms. The summed E-state index contributed by atoms with van der Waals surface area (Å²) >= 11 is 1.33. The number of hydrogen-bond acceptors (Lipinski definition) is 6. The van der Waals surface area contributed by atoms with Crippen molar-refractivity contribution in [1.29, 1.82) is 0 Å². The van der Waals surface area contributed by atoms with E-state index in [0.29, 0.717) is 17.1 Å². The number of nitrogens with zero attached hydrogens (tertiary/aromatic N) is 2. The maximum absolute atomic E-state index is 12.6.